The van der Waals surface area contributed by atoms with Gasteiger partial charge in [-0.15, -0.1) is 5.11 Å². The molecular formula is C16H11N4O6S2+. The van der Waals surface area contributed by atoms with Gasteiger partial charge in [-0.3, -0.25) is 9.11 Å². The minimum Gasteiger partial charge on any atom is -0.282 e. The molecule has 0 saturated carbocycles. The third-order valence-electron chi connectivity index (χ3n) is 3.76. The molecule has 0 saturated heterocycles. The highest BCUT2D eigenvalue weighted by Crippen LogP contribution is 2.36. The Hall–Kier alpha value is -3.24. The summed E-state index contributed by atoms with van der Waals surface area (Å²) in [4.78, 5) is 2.44. The summed E-state index contributed by atoms with van der Waals surface area (Å²) in [6.07, 6.45) is 0. The van der Waals surface area contributed by atoms with E-state index in [1.165, 1.54) is 30.3 Å². The molecule has 12 heteroatoms. The molecule has 3 rings (SSSR count). The van der Waals surface area contributed by atoms with Crippen molar-refractivity contribution in [3.05, 3.63) is 59.6 Å². The van der Waals surface area contributed by atoms with Gasteiger partial charge in [-0.05, 0) is 48.5 Å². The van der Waals surface area contributed by atoms with Crippen molar-refractivity contribution in [3.8, 4) is 0 Å². The number of hydrogen-bond acceptors (Lipinski definition) is 7. The van der Waals surface area contributed by atoms with Gasteiger partial charge < -0.3 is 0 Å². The van der Waals surface area contributed by atoms with Gasteiger partial charge in [0.15, 0.2) is 4.98 Å². The average molecular weight is 419 g/mol. The smallest absolute Gasteiger partial charge is 0.282 e. The largest absolute Gasteiger partial charge is 0.392 e. The van der Waals surface area contributed by atoms with E-state index in [1.54, 1.807) is 0 Å². The lowest BCUT2D eigenvalue weighted by atomic mass is 10.1. The summed E-state index contributed by atoms with van der Waals surface area (Å²) in [6, 6.07) is 11.5. The van der Waals surface area contributed by atoms with Crippen LogP contribution in [0.3, 0.4) is 0 Å². The molecule has 142 valence electrons. The molecular weight excluding hydrogens is 408 g/mol. The summed E-state index contributed by atoms with van der Waals surface area (Å²) in [5, 5.41) is 17.7. The maximum atomic E-state index is 11.4. The zero-order valence-corrected chi connectivity index (χ0v) is 15.5. The number of diazo groups is 1. The summed E-state index contributed by atoms with van der Waals surface area (Å²) >= 11 is 0. The number of hydrogen-bond donors (Lipinski definition) is 2. The molecule has 0 unspecified atom stereocenters. The zero-order chi connectivity index (χ0) is 20.5. The van der Waals surface area contributed by atoms with E-state index in [0.29, 0.717) is 5.39 Å². The SMILES string of the molecule is N#[N+]c1ccc(N=Nc2ccc(S(=O)(=O)O)cc2)c2cc(S(=O)(=O)O)ccc12. The maximum Gasteiger partial charge on any atom is 0.392 e. The Balaban J connectivity index is 2.10. The molecule has 0 bridgehead atoms. The monoisotopic (exact) mass is 419 g/mol. The van der Waals surface area contributed by atoms with Gasteiger partial charge in [0.2, 0.25) is 5.39 Å². The Labute approximate surface area is 159 Å². The standard InChI is InChI=1S/C16H10N4O6S2/c17-18-15-7-8-16(14-9-12(28(24,25)26)5-6-13(14)15)20-19-10-1-3-11(4-2-10)27(21,22)23/h1-9H,(H-,21,22,23,24,25,26)/p+1. The summed E-state index contributed by atoms with van der Waals surface area (Å²) in [7, 11) is -8.79. The van der Waals surface area contributed by atoms with E-state index < -0.39 is 20.2 Å². The Morgan fingerprint density at radius 1 is 0.750 bits per heavy atom. The Morgan fingerprint density at radius 2 is 1.36 bits per heavy atom. The second-order valence-corrected chi connectivity index (χ2v) is 8.40. The molecule has 0 amide bonds. The van der Waals surface area contributed by atoms with Crippen molar-refractivity contribution >= 4 is 48.1 Å². The van der Waals surface area contributed by atoms with Crippen LogP contribution in [-0.2, 0) is 20.2 Å². The number of fused-ring (bicyclic) bond motifs is 1. The lowest BCUT2D eigenvalue weighted by Crippen LogP contribution is -1.97. The number of azo groups is 1. The van der Waals surface area contributed by atoms with Crippen LogP contribution in [0.5, 0.6) is 0 Å². The molecule has 0 fully saturated rings. The van der Waals surface area contributed by atoms with E-state index in [1.807, 2.05) is 0 Å². The summed E-state index contributed by atoms with van der Waals surface area (Å²) in [5.74, 6) is 0. The third-order valence-corrected chi connectivity index (χ3v) is 5.47. The average Bonchev–Trinajstić information content (AvgIpc) is 2.64. The molecule has 0 heterocycles. The molecule has 10 nitrogen and oxygen atoms in total. The fourth-order valence-corrected chi connectivity index (χ4v) is 3.41. The van der Waals surface area contributed by atoms with E-state index in [4.69, 9.17) is 9.95 Å². The van der Waals surface area contributed by atoms with Gasteiger partial charge >= 0.3 is 5.69 Å². The normalized spacial score (nSPS) is 12.3. The van der Waals surface area contributed by atoms with Gasteiger partial charge in [0.25, 0.3) is 20.2 Å². The van der Waals surface area contributed by atoms with Crippen molar-refractivity contribution in [1.82, 2.24) is 0 Å². The van der Waals surface area contributed by atoms with Gasteiger partial charge in [-0.25, -0.2) is 0 Å². The first-order valence-corrected chi connectivity index (χ1v) is 10.4. The molecule has 0 aliphatic rings. The molecule has 0 spiro atoms. The molecule has 3 aromatic carbocycles. The van der Waals surface area contributed by atoms with Gasteiger partial charge in [0, 0.05) is 11.5 Å². The van der Waals surface area contributed by atoms with E-state index in [2.05, 4.69) is 15.2 Å². The van der Waals surface area contributed by atoms with Crippen LogP contribution >= 0.6 is 0 Å². The highest BCUT2D eigenvalue weighted by molar-refractivity contribution is 7.86. The second kappa shape index (κ2) is 7.06. The topological polar surface area (TPSA) is 162 Å². The van der Waals surface area contributed by atoms with E-state index in [0.717, 1.165) is 24.3 Å². The van der Waals surface area contributed by atoms with Crippen molar-refractivity contribution in [2.75, 3.05) is 0 Å². The minimum atomic E-state index is -4.46. The Kier molecular flexibility index (Phi) is 4.92. The first-order valence-electron chi connectivity index (χ1n) is 7.48. The lowest BCUT2D eigenvalue weighted by Gasteiger charge is -2.02. The van der Waals surface area contributed by atoms with Gasteiger partial charge in [-0.2, -0.15) is 21.9 Å². The van der Waals surface area contributed by atoms with Crippen LogP contribution < -0.4 is 0 Å². The van der Waals surface area contributed by atoms with Crippen LogP contribution in [0.1, 0.15) is 0 Å². The predicted octanol–water partition coefficient (Wildman–Crippen LogP) is 4.23. The van der Waals surface area contributed by atoms with Crippen LogP contribution in [0.4, 0.5) is 17.1 Å². The molecule has 2 N–H and O–H groups in total. The molecule has 28 heavy (non-hydrogen) atoms. The molecule has 0 radical (unpaired) electrons. The number of rotatable bonds is 4. The second-order valence-electron chi connectivity index (χ2n) is 5.56. The molecule has 3 aromatic rings. The van der Waals surface area contributed by atoms with Gasteiger partial charge in [0.1, 0.15) is 0 Å². The van der Waals surface area contributed by atoms with Crippen LogP contribution in [0.2, 0.25) is 0 Å². The van der Waals surface area contributed by atoms with Gasteiger partial charge in [-0.1, -0.05) is 0 Å². The van der Waals surface area contributed by atoms with E-state index in [-0.39, 0.29) is 32.2 Å². The first-order chi connectivity index (χ1) is 13.1. The fourth-order valence-electron chi connectivity index (χ4n) is 2.43. The Bertz CT molecular complexity index is 1360. The molecule has 0 atom stereocenters. The maximum absolute atomic E-state index is 11.4. The summed E-state index contributed by atoms with van der Waals surface area (Å²) < 4.78 is 63.1. The third kappa shape index (κ3) is 4.02. The van der Waals surface area contributed by atoms with Crippen LogP contribution in [0.25, 0.3) is 15.7 Å². The van der Waals surface area contributed by atoms with E-state index >= 15 is 0 Å². The molecule has 0 aliphatic carbocycles. The summed E-state index contributed by atoms with van der Waals surface area (Å²) in [5.41, 5.74) is 0.641. The van der Waals surface area contributed by atoms with Crippen molar-refractivity contribution in [3.63, 3.8) is 0 Å². The predicted molar refractivity (Wildman–Crippen MR) is 98.9 cm³/mol. The van der Waals surface area contributed by atoms with Gasteiger partial charge in [0.05, 0.1) is 26.6 Å². The Morgan fingerprint density at radius 3 is 1.93 bits per heavy atom. The van der Waals surface area contributed by atoms with Crippen molar-refractivity contribution < 1.29 is 25.9 Å². The number of benzene rings is 3. The minimum absolute atomic E-state index is 0.161. The highest BCUT2D eigenvalue weighted by atomic mass is 32.2. The highest BCUT2D eigenvalue weighted by Gasteiger charge is 2.18. The zero-order valence-electron chi connectivity index (χ0n) is 13.8. The van der Waals surface area contributed by atoms with E-state index in [9.17, 15) is 21.4 Å². The lowest BCUT2D eigenvalue weighted by molar-refractivity contribution is 0.481. The summed E-state index contributed by atoms with van der Waals surface area (Å²) in [6.45, 7) is 0. The van der Waals surface area contributed by atoms with Crippen LogP contribution in [0.15, 0.2) is 74.6 Å². The quantitative estimate of drug-likeness (QED) is 0.363. The van der Waals surface area contributed by atoms with Crippen LogP contribution in [-0.4, -0.2) is 25.9 Å². The molecule has 0 aliphatic heterocycles. The fraction of sp³-hybridized carbons (Fsp3) is 0. The van der Waals surface area contributed by atoms with Crippen LogP contribution in [0, 0.1) is 5.39 Å². The molecule has 0 aromatic heterocycles. The van der Waals surface area contributed by atoms with Crippen molar-refractivity contribution in [2.24, 2.45) is 10.2 Å². The van der Waals surface area contributed by atoms with Crippen molar-refractivity contribution in [1.29, 1.82) is 5.39 Å². The first kappa shape index (κ1) is 19.5. The van der Waals surface area contributed by atoms with Crippen molar-refractivity contribution in [2.45, 2.75) is 9.79 Å². The number of nitrogens with zero attached hydrogens (tertiary/aromatic N) is 4.